The smallest absolute Gasteiger partial charge is 0.323 e. The number of nitriles is 1. The van der Waals surface area contributed by atoms with Crippen molar-refractivity contribution in [3.63, 3.8) is 0 Å². The third-order valence-electron chi connectivity index (χ3n) is 7.08. The Morgan fingerprint density at radius 1 is 1.11 bits per heavy atom. The third-order valence-corrected chi connectivity index (χ3v) is 7.35. The third kappa shape index (κ3) is 6.97. The maximum Gasteiger partial charge on any atom is 0.323 e. The Morgan fingerprint density at radius 3 is 2.43 bits per heavy atom. The number of carbonyl (C=O) groups excluding carboxylic acids is 1. The minimum absolute atomic E-state index is 0.0392. The van der Waals surface area contributed by atoms with E-state index in [-0.39, 0.29) is 23.7 Å². The minimum atomic E-state index is -2.69. The topological polar surface area (TPSA) is 160 Å². The summed E-state index contributed by atoms with van der Waals surface area (Å²) in [7, 11) is 3.19. The molecule has 4 aromatic heterocycles. The second-order valence-corrected chi connectivity index (χ2v) is 10.4. The number of alkyl halides is 2. The molecule has 5 rings (SSSR count). The number of rotatable bonds is 9. The molecule has 44 heavy (non-hydrogen) atoms. The fourth-order valence-corrected chi connectivity index (χ4v) is 5.24. The van der Waals surface area contributed by atoms with Crippen LogP contribution in [0.2, 0.25) is 5.02 Å². The van der Waals surface area contributed by atoms with Gasteiger partial charge in [-0.05, 0) is 37.8 Å². The van der Waals surface area contributed by atoms with Crippen LogP contribution >= 0.6 is 11.6 Å². The number of halogens is 3. The van der Waals surface area contributed by atoms with E-state index < -0.39 is 19.0 Å². The molecule has 1 aliphatic rings. The number of urea groups is 1. The molecule has 0 bridgehead atoms. The molecular formula is C28H28ClF2N11O2. The number of methoxy groups -OCH3 is 1. The SMILES string of the molecule is COc1ncc(-c2ccc(N(C(=O)NCC(F)F)[C@H]3CC[C@H](Nc4ncc(C#N)c(-c5nn(C)cc5Cl)n4)CC3)nc2)cn1. The quantitative estimate of drug-likeness (QED) is 0.272. The summed E-state index contributed by atoms with van der Waals surface area (Å²) in [5.41, 5.74) is 2.35. The van der Waals surface area contributed by atoms with Crippen LogP contribution in [-0.2, 0) is 7.05 Å². The molecule has 0 unspecified atom stereocenters. The summed E-state index contributed by atoms with van der Waals surface area (Å²) >= 11 is 6.30. The van der Waals surface area contributed by atoms with Crippen molar-refractivity contribution in [2.24, 2.45) is 7.05 Å². The first-order chi connectivity index (χ1) is 21.2. The maximum atomic E-state index is 13.1. The summed E-state index contributed by atoms with van der Waals surface area (Å²) in [6.45, 7) is -0.772. The van der Waals surface area contributed by atoms with Crippen LogP contribution < -0.4 is 20.3 Å². The van der Waals surface area contributed by atoms with Gasteiger partial charge in [0.1, 0.15) is 23.3 Å². The normalized spacial score (nSPS) is 16.3. The number of ether oxygens (including phenoxy) is 1. The highest BCUT2D eigenvalue weighted by Crippen LogP contribution is 2.31. The summed E-state index contributed by atoms with van der Waals surface area (Å²) in [6, 6.07) is 4.75. The zero-order valence-corrected chi connectivity index (χ0v) is 24.5. The van der Waals surface area contributed by atoms with E-state index in [2.05, 4.69) is 46.7 Å². The minimum Gasteiger partial charge on any atom is -0.467 e. The molecule has 0 saturated heterocycles. The molecule has 0 aromatic carbocycles. The number of pyridine rings is 1. The Morgan fingerprint density at radius 2 is 1.84 bits per heavy atom. The first-order valence-electron chi connectivity index (χ1n) is 13.7. The van der Waals surface area contributed by atoms with Crippen LogP contribution in [0.5, 0.6) is 6.01 Å². The van der Waals surface area contributed by atoms with Crippen molar-refractivity contribution in [3.8, 4) is 34.6 Å². The number of anilines is 2. The number of hydrogen-bond donors (Lipinski definition) is 2. The summed E-state index contributed by atoms with van der Waals surface area (Å²) < 4.78 is 32.4. The van der Waals surface area contributed by atoms with Gasteiger partial charge in [0.2, 0.25) is 5.95 Å². The van der Waals surface area contributed by atoms with Crippen LogP contribution in [0.15, 0.2) is 43.1 Å². The zero-order valence-electron chi connectivity index (χ0n) is 23.8. The molecule has 1 saturated carbocycles. The van der Waals surface area contributed by atoms with Crippen molar-refractivity contribution >= 4 is 29.4 Å². The van der Waals surface area contributed by atoms with Gasteiger partial charge in [0.05, 0.1) is 30.4 Å². The maximum absolute atomic E-state index is 13.1. The Hall–Kier alpha value is -4.97. The van der Waals surface area contributed by atoms with E-state index in [1.807, 2.05) is 0 Å². The Kier molecular flexibility index (Phi) is 9.39. The molecule has 1 aliphatic carbocycles. The Labute approximate surface area is 256 Å². The van der Waals surface area contributed by atoms with Gasteiger partial charge in [-0.3, -0.25) is 9.58 Å². The molecule has 0 spiro atoms. The predicted octanol–water partition coefficient (Wildman–Crippen LogP) is 4.47. The van der Waals surface area contributed by atoms with Crippen LogP contribution in [0.4, 0.5) is 25.3 Å². The fourth-order valence-electron chi connectivity index (χ4n) is 4.97. The molecule has 16 heteroatoms. The van der Waals surface area contributed by atoms with Gasteiger partial charge < -0.3 is 15.4 Å². The van der Waals surface area contributed by atoms with Crippen molar-refractivity contribution in [2.75, 3.05) is 23.9 Å². The lowest BCUT2D eigenvalue weighted by Crippen LogP contribution is -2.50. The average Bonchev–Trinajstić information content (AvgIpc) is 3.38. The molecule has 228 valence electrons. The average molecular weight is 624 g/mol. The van der Waals surface area contributed by atoms with Crippen LogP contribution in [0.1, 0.15) is 31.2 Å². The molecule has 0 atom stereocenters. The molecular weight excluding hydrogens is 596 g/mol. The number of carbonyl (C=O) groups is 1. The van der Waals surface area contributed by atoms with Gasteiger partial charge in [-0.25, -0.2) is 38.5 Å². The van der Waals surface area contributed by atoms with Crippen molar-refractivity contribution in [1.82, 2.24) is 40.0 Å². The highest BCUT2D eigenvalue weighted by atomic mass is 35.5. The molecule has 0 aliphatic heterocycles. The van der Waals surface area contributed by atoms with E-state index in [9.17, 15) is 18.8 Å². The molecule has 2 amide bonds. The molecule has 4 aromatic rings. The van der Waals surface area contributed by atoms with Crippen molar-refractivity contribution in [1.29, 1.82) is 5.26 Å². The fraction of sp³-hybridized carbons (Fsp3) is 0.357. The van der Waals surface area contributed by atoms with Crippen molar-refractivity contribution in [3.05, 3.63) is 53.7 Å². The van der Waals surface area contributed by atoms with E-state index in [1.54, 1.807) is 44.0 Å². The molecule has 13 nitrogen and oxygen atoms in total. The number of nitrogens with one attached hydrogen (secondary N) is 2. The first kappa shape index (κ1) is 30.5. The standard InChI is InChI=1S/C28H28ClF2N11O2/c1-41-15-21(29)25(40-41)24-17(9-32)11-34-26(39-24)38-19-4-6-20(7-5-19)42(28(43)37-14-22(30)31)23-8-3-16(10-33-23)18-12-35-27(44-2)36-13-18/h3,8,10-13,15,19-20,22H,4-7,14H2,1-2H3,(H,37,43)(H,34,38,39)/t19-,20-. The highest BCUT2D eigenvalue weighted by Gasteiger charge is 2.31. The number of amides is 2. The van der Waals surface area contributed by atoms with Crippen LogP contribution in [0, 0.1) is 11.3 Å². The van der Waals surface area contributed by atoms with Gasteiger partial charge in [-0.2, -0.15) is 10.4 Å². The van der Waals surface area contributed by atoms with Crippen LogP contribution in [0.25, 0.3) is 22.5 Å². The van der Waals surface area contributed by atoms with E-state index in [0.717, 1.165) is 0 Å². The summed E-state index contributed by atoms with van der Waals surface area (Å²) in [5, 5.41) is 19.8. The highest BCUT2D eigenvalue weighted by molar-refractivity contribution is 6.33. The second kappa shape index (κ2) is 13.6. The molecule has 2 N–H and O–H groups in total. The van der Waals surface area contributed by atoms with Crippen LogP contribution in [0.3, 0.4) is 0 Å². The van der Waals surface area contributed by atoms with Gasteiger partial charge in [-0.1, -0.05) is 11.6 Å². The van der Waals surface area contributed by atoms with Gasteiger partial charge in [0, 0.05) is 55.0 Å². The molecule has 1 fully saturated rings. The van der Waals surface area contributed by atoms with Gasteiger partial charge >= 0.3 is 12.0 Å². The number of nitrogens with zero attached hydrogens (tertiary/aromatic N) is 9. The van der Waals surface area contributed by atoms with Gasteiger partial charge in [0.25, 0.3) is 6.43 Å². The lowest BCUT2D eigenvalue weighted by molar-refractivity contribution is 0.146. The number of aromatic nitrogens is 7. The lowest BCUT2D eigenvalue weighted by atomic mass is 9.90. The van der Waals surface area contributed by atoms with Crippen LogP contribution in [-0.4, -0.2) is 72.9 Å². The zero-order chi connectivity index (χ0) is 31.2. The second-order valence-electron chi connectivity index (χ2n) is 10.0. The van der Waals surface area contributed by atoms with Gasteiger partial charge in [0.15, 0.2) is 0 Å². The number of hydrogen-bond acceptors (Lipinski definition) is 10. The predicted molar refractivity (Wildman–Crippen MR) is 157 cm³/mol. The molecule has 4 heterocycles. The summed E-state index contributed by atoms with van der Waals surface area (Å²) in [6.07, 6.45) is 7.50. The monoisotopic (exact) mass is 623 g/mol. The molecule has 0 radical (unpaired) electrons. The largest absolute Gasteiger partial charge is 0.467 e. The van der Waals surface area contributed by atoms with Crippen molar-refractivity contribution < 1.29 is 18.3 Å². The van der Waals surface area contributed by atoms with E-state index in [0.29, 0.717) is 65.0 Å². The number of aryl methyl sites for hydroxylation is 1. The Balaban J connectivity index is 1.30. The summed E-state index contributed by atoms with van der Waals surface area (Å²) in [4.78, 5) is 36.1. The first-order valence-corrected chi connectivity index (χ1v) is 14.0. The lowest BCUT2D eigenvalue weighted by Gasteiger charge is -2.36. The summed E-state index contributed by atoms with van der Waals surface area (Å²) in [5.74, 6) is 0.647. The van der Waals surface area contributed by atoms with E-state index in [1.165, 1.54) is 22.9 Å². The van der Waals surface area contributed by atoms with Gasteiger partial charge in [-0.15, -0.1) is 0 Å². The van der Waals surface area contributed by atoms with E-state index >= 15 is 0 Å². The Bertz CT molecular complexity index is 1640. The van der Waals surface area contributed by atoms with E-state index in [4.69, 9.17) is 16.3 Å². The van der Waals surface area contributed by atoms with Crippen molar-refractivity contribution in [2.45, 2.75) is 44.2 Å².